The highest BCUT2D eigenvalue weighted by molar-refractivity contribution is 7.98. The maximum atomic E-state index is 12.2. The van der Waals surface area contributed by atoms with Gasteiger partial charge in [0.15, 0.2) is 0 Å². The molecule has 1 atom stereocenters. The van der Waals surface area contributed by atoms with Crippen LogP contribution in [0.4, 0.5) is 0 Å². The number of thioether (sulfide) groups is 1. The number of hydrogen-bond acceptors (Lipinski definition) is 3. The molecule has 0 radical (unpaired) electrons. The molecule has 0 spiro atoms. The largest absolute Gasteiger partial charge is 0.346 e. The molecule has 2 aromatic carbocycles. The number of nitrogens with one attached hydrogen (secondary N) is 1. The van der Waals surface area contributed by atoms with Crippen molar-refractivity contribution in [1.82, 2.24) is 5.32 Å². The zero-order chi connectivity index (χ0) is 15.2. The fourth-order valence-electron chi connectivity index (χ4n) is 1.95. The van der Waals surface area contributed by atoms with Gasteiger partial charge >= 0.3 is 0 Å². The smallest absolute Gasteiger partial charge is 0.251 e. The summed E-state index contributed by atoms with van der Waals surface area (Å²) in [4.78, 5) is 13.4. The number of nitrogens with zero attached hydrogens (tertiary/aromatic N) is 1. The maximum Gasteiger partial charge on any atom is 0.251 e. The molecule has 2 aromatic rings. The number of rotatable bonds is 4. The second kappa shape index (κ2) is 6.96. The first kappa shape index (κ1) is 15.1. The highest BCUT2D eigenvalue weighted by Crippen LogP contribution is 2.19. The molecule has 0 saturated heterocycles. The van der Waals surface area contributed by atoms with E-state index in [1.54, 1.807) is 36.0 Å². The van der Waals surface area contributed by atoms with Gasteiger partial charge in [0.05, 0.1) is 17.7 Å². The highest BCUT2D eigenvalue weighted by atomic mass is 32.2. The van der Waals surface area contributed by atoms with Crippen LogP contribution in [-0.2, 0) is 0 Å². The third-order valence-corrected chi connectivity index (χ3v) is 3.98. The first-order valence-corrected chi connectivity index (χ1v) is 7.81. The van der Waals surface area contributed by atoms with Gasteiger partial charge in [-0.25, -0.2) is 0 Å². The van der Waals surface area contributed by atoms with Crippen LogP contribution in [0.3, 0.4) is 0 Å². The summed E-state index contributed by atoms with van der Waals surface area (Å²) in [5.74, 6) is -0.138. The lowest BCUT2D eigenvalue weighted by Crippen LogP contribution is -2.26. The Bertz CT molecular complexity index is 657. The first-order chi connectivity index (χ1) is 10.1. The Labute approximate surface area is 129 Å². The molecule has 1 N–H and O–H groups in total. The molecule has 1 amide bonds. The molecule has 0 bridgehead atoms. The molecule has 0 aromatic heterocycles. The molecule has 0 heterocycles. The van der Waals surface area contributed by atoms with Crippen molar-refractivity contribution in [3.63, 3.8) is 0 Å². The van der Waals surface area contributed by atoms with Gasteiger partial charge in [0.1, 0.15) is 0 Å². The van der Waals surface area contributed by atoms with Crippen molar-refractivity contribution >= 4 is 17.7 Å². The van der Waals surface area contributed by atoms with Gasteiger partial charge in [-0.3, -0.25) is 4.79 Å². The molecule has 0 aliphatic heterocycles. The molecule has 0 saturated carbocycles. The van der Waals surface area contributed by atoms with Gasteiger partial charge in [0.2, 0.25) is 0 Å². The fourth-order valence-corrected chi connectivity index (χ4v) is 2.36. The zero-order valence-corrected chi connectivity index (χ0v) is 12.8. The van der Waals surface area contributed by atoms with E-state index in [-0.39, 0.29) is 11.9 Å². The predicted molar refractivity (Wildman–Crippen MR) is 85.3 cm³/mol. The van der Waals surface area contributed by atoms with E-state index in [4.69, 9.17) is 5.26 Å². The lowest BCUT2D eigenvalue weighted by atomic mass is 10.1. The summed E-state index contributed by atoms with van der Waals surface area (Å²) in [5, 5.41) is 11.7. The Morgan fingerprint density at radius 1 is 1.14 bits per heavy atom. The molecule has 2 rings (SSSR count). The second-order valence-electron chi connectivity index (χ2n) is 4.66. The summed E-state index contributed by atoms with van der Waals surface area (Å²) in [7, 11) is 0. The van der Waals surface area contributed by atoms with Crippen LogP contribution in [0, 0.1) is 11.3 Å². The summed E-state index contributed by atoms with van der Waals surface area (Å²) in [5.41, 5.74) is 2.17. The summed E-state index contributed by atoms with van der Waals surface area (Å²) < 4.78 is 0. The minimum atomic E-state index is -0.138. The number of nitriles is 1. The first-order valence-electron chi connectivity index (χ1n) is 6.59. The Hall–Kier alpha value is -2.25. The summed E-state index contributed by atoms with van der Waals surface area (Å²) in [6, 6.07) is 16.7. The van der Waals surface area contributed by atoms with Crippen LogP contribution in [0.5, 0.6) is 0 Å². The Kier molecular flexibility index (Phi) is 5.02. The van der Waals surface area contributed by atoms with Crippen molar-refractivity contribution in [2.45, 2.75) is 17.9 Å². The van der Waals surface area contributed by atoms with Crippen molar-refractivity contribution in [2.24, 2.45) is 0 Å². The number of carbonyl (C=O) groups is 1. The Morgan fingerprint density at radius 2 is 1.76 bits per heavy atom. The quantitative estimate of drug-likeness (QED) is 0.874. The second-order valence-corrected chi connectivity index (χ2v) is 5.54. The molecule has 4 heteroatoms. The van der Waals surface area contributed by atoms with Crippen LogP contribution in [0.1, 0.15) is 34.5 Å². The SMILES string of the molecule is CSc1ccc([C@H](C)NC(=O)c2ccc(C#N)cc2)cc1. The summed E-state index contributed by atoms with van der Waals surface area (Å²) in [6.45, 7) is 1.95. The van der Waals surface area contributed by atoms with Gasteiger partial charge in [-0.2, -0.15) is 5.26 Å². The Morgan fingerprint density at radius 3 is 2.29 bits per heavy atom. The standard InChI is InChI=1S/C17H16N2OS/c1-12(14-7-9-16(21-2)10-8-14)19-17(20)15-5-3-13(11-18)4-6-15/h3-10,12H,1-2H3,(H,19,20)/t12-/m0/s1. The molecule has 3 nitrogen and oxygen atoms in total. The molecule has 0 unspecified atom stereocenters. The highest BCUT2D eigenvalue weighted by Gasteiger charge is 2.11. The zero-order valence-electron chi connectivity index (χ0n) is 12.0. The van der Waals surface area contributed by atoms with Crippen molar-refractivity contribution in [1.29, 1.82) is 5.26 Å². The van der Waals surface area contributed by atoms with Gasteiger partial charge in [0, 0.05) is 10.5 Å². The number of hydrogen-bond donors (Lipinski definition) is 1. The third kappa shape index (κ3) is 3.87. The monoisotopic (exact) mass is 296 g/mol. The average molecular weight is 296 g/mol. The van der Waals surface area contributed by atoms with Crippen molar-refractivity contribution in [2.75, 3.05) is 6.26 Å². The molecule has 0 aliphatic carbocycles. The minimum absolute atomic E-state index is 0.0657. The van der Waals surface area contributed by atoms with Gasteiger partial charge in [-0.1, -0.05) is 12.1 Å². The summed E-state index contributed by atoms with van der Waals surface area (Å²) in [6.07, 6.45) is 2.03. The van der Waals surface area contributed by atoms with Crippen LogP contribution < -0.4 is 5.32 Å². The predicted octanol–water partition coefficient (Wildman–Crippen LogP) is 3.77. The maximum absolute atomic E-state index is 12.2. The van der Waals surface area contributed by atoms with Crippen molar-refractivity contribution in [3.05, 3.63) is 65.2 Å². The molecule has 106 valence electrons. The van der Waals surface area contributed by atoms with Crippen molar-refractivity contribution in [3.8, 4) is 6.07 Å². The topological polar surface area (TPSA) is 52.9 Å². The lowest BCUT2D eigenvalue weighted by molar-refractivity contribution is 0.0940. The van der Waals surface area contributed by atoms with E-state index < -0.39 is 0 Å². The third-order valence-electron chi connectivity index (χ3n) is 3.24. The van der Waals surface area contributed by atoms with Crippen LogP contribution in [0.2, 0.25) is 0 Å². The molecule has 0 aliphatic rings. The van der Waals surface area contributed by atoms with Gasteiger partial charge in [0.25, 0.3) is 5.91 Å². The normalized spacial score (nSPS) is 11.5. The van der Waals surface area contributed by atoms with Gasteiger partial charge in [-0.05, 0) is 55.1 Å². The molecular weight excluding hydrogens is 280 g/mol. The van der Waals surface area contributed by atoms with E-state index in [0.29, 0.717) is 11.1 Å². The minimum Gasteiger partial charge on any atom is -0.346 e. The van der Waals surface area contributed by atoms with Crippen LogP contribution >= 0.6 is 11.8 Å². The number of carbonyl (C=O) groups excluding carboxylic acids is 1. The van der Waals surface area contributed by atoms with Gasteiger partial charge < -0.3 is 5.32 Å². The lowest BCUT2D eigenvalue weighted by Gasteiger charge is -2.14. The van der Waals surface area contributed by atoms with E-state index in [0.717, 1.165) is 5.56 Å². The van der Waals surface area contributed by atoms with E-state index in [1.165, 1.54) is 4.90 Å². The van der Waals surface area contributed by atoms with Crippen LogP contribution in [-0.4, -0.2) is 12.2 Å². The van der Waals surface area contributed by atoms with E-state index >= 15 is 0 Å². The van der Waals surface area contributed by atoms with Gasteiger partial charge in [-0.15, -0.1) is 11.8 Å². The molecular formula is C17H16N2OS. The molecule has 0 fully saturated rings. The van der Waals surface area contributed by atoms with Crippen LogP contribution in [0.25, 0.3) is 0 Å². The number of amides is 1. The van der Waals surface area contributed by atoms with Crippen molar-refractivity contribution < 1.29 is 4.79 Å². The average Bonchev–Trinajstić information content (AvgIpc) is 2.55. The van der Waals surface area contributed by atoms with Crippen LogP contribution in [0.15, 0.2) is 53.4 Å². The Balaban J connectivity index is 2.05. The van der Waals surface area contributed by atoms with E-state index in [2.05, 4.69) is 5.32 Å². The van der Waals surface area contributed by atoms with E-state index in [9.17, 15) is 4.79 Å². The fraction of sp³-hybridized carbons (Fsp3) is 0.176. The van der Waals surface area contributed by atoms with E-state index in [1.807, 2.05) is 43.5 Å². The molecule has 21 heavy (non-hydrogen) atoms. The summed E-state index contributed by atoms with van der Waals surface area (Å²) >= 11 is 1.69. The number of benzene rings is 2.